The molecule has 288 valence electrons. The topological polar surface area (TPSA) is 161 Å². The second kappa shape index (κ2) is 18.7. The Kier molecular flexibility index (Phi) is 12.9. The van der Waals surface area contributed by atoms with E-state index in [-0.39, 0.29) is 23.6 Å². The van der Waals surface area contributed by atoms with E-state index < -0.39 is 5.82 Å². The van der Waals surface area contributed by atoms with Crippen molar-refractivity contribution in [2.75, 3.05) is 45.5 Å². The Balaban J connectivity index is 0.993. The molecular weight excluding hydrogens is 722 g/mol. The number of hydrogen-bond donors (Lipinski definition) is 6. The van der Waals surface area contributed by atoms with Crippen LogP contribution in [0.1, 0.15) is 16.7 Å². The van der Waals surface area contributed by atoms with E-state index in [9.17, 15) is 14.0 Å². The van der Waals surface area contributed by atoms with Gasteiger partial charge < -0.3 is 31.9 Å². The number of aromatic nitrogens is 4. The van der Waals surface area contributed by atoms with Crippen molar-refractivity contribution in [3.8, 4) is 0 Å². The van der Waals surface area contributed by atoms with E-state index in [0.717, 1.165) is 28.6 Å². The number of carbonyl (C=O) groups excluding carboxylic acids is 2. The average Bonchev–Trinajstić information content (AvgIpc) is 3.18. The molecule has 0 aliphatic carbocycles. The largest absolute Gasteiger partial charge is 0.340 e. The van der Waals surface area contributed by atoms with Gasteiger partial charge in [-0.2, -0.15) is 9.97 Å². The highest BCUT2D eigenvalue weighted by Gasteiger charge is 2.10. The number of nitrogens with one attached hydrogen (secondary N) is 6. The molecule has 6 rings (SSSR count). The summed E-state index contributed by atoms with van der Waals surface area (Å²) in [7, 11) is 1.97. The van der Waals surface area contributed by atoms with E-state index >= 15 is 0 Å². The predicted molar refractivity (Wildman–Crippen MR) is 225 cm³/mol. The van der Waals surface area contributed by atoms with Gasteiger partial charge in [-0.1, -0.05) is 49.1 Å². The Labute approximate surface area is 330 Å². The van der Waals surface area contributed by atoms with Gasteiger partial charge in [-0.05, 0) is 98.8 Å². The Hall–Kier alpha value is -7.45. The van der Waals surface area contributed by atoms with Crippen molar-refractivity contribution in [3.63, 3.8) is 0 Å². The Bertz CT molecular complexity index is 2420. The molecule has 0 aliphatic rings. The van der Waals surface area contributed by atoms with Gasteiger partial charge in [-0.15, -0.1) is 0 Å². The lowest BCUT2D eigenvalue weighted by molar-refractivity contribution is -0.112. The fourth-order valence-electron chi connectivity index (χ4n) is 5.59. The minimum Gasteiger partial charge on any atom is -0.340 e. The molecule has 0 unspecified atom stereocenters. The van der Waals surface area contributed by atoms with Gasteiger partial charge in [0.2, 0.25) is 23.7 Å². The van der Waals surface area contributed by atoms with E-state index in [0.29, 0.717) is 53.3 Å². The minimum absolute atomic E-state index is 0.0418. The molecule has 0 radical (unpaired) electrons. The smallest absolute Gasteiger partial charge is 0.248 e. The summed E-state index contributed by atoms with van der Waals surface area (Å²) in [6.07, 6.45) is 7.35. The number of hydrogen-bond acceptors (Lipinski definition) is 11. The quantitative estimate of drug-likeness (QED) is 0.0523. The first-order valence-corrected chi connectivity index (χ1v) is 18.0. The maximum Gasteiger partial charge on any atom is 0.248 e. The number of nitrogens with zero attached hydrogens (tertiary/aromatic N) is 5. The van der Waals surface area contributed by atoms with Gasteiger partial charge in [-0.3, -0.25) is 14.5 Å². The van der Waals surface area contributed by atoms with Gasteiger partial charge in [-0.25, -0.2) is 14.4 Å². The van der Waals surface area contributed by atoms with Crippen molar-refractivity contribution in [3.05, 3.63) is 157 Å². The van der Waals surface area contributed by atoms with Crippen LogP contribution >= 0.6 is 0 Å². The van der Waals surface area contributed by atoms with Crippen molar-refractivity contribution in [2.24, 2.45) is 0 Å². The molecule has 6 aromatic rings. The molecule has 0 saturated carbocycles. The van der Waals surface area contributed by atoms with Crippen LogP contribution in [0.4, 0.5) is 62.0 Å². The van der Waals surface area contributed by atoms with Crippen LogP contribution in [0.5, 0.6) is 0 Å². The lowest BCUT2D eigenvalue weighted by Crippen LogP contribution is -2.18. The van der Waals surface area contributed by atoms with Gasteiger partial charge in [0.25, 0.3) is 0 Å². The Morgan fingerprint density at radius 1 is 0.684 bits per heavy atom. The molecule has 0 bridgehead atoms. The highest BCUT2D eigenvalue weighted by atomic mass is 19.1. The van der Waals surface area contributed by atoms with Gasteiger partial charge in [0.05, 0.1) is 6.20 Å². The van der Waals surface area contributed by atoms with Crippen LogP contribution in [-0.2, 0) is 16.1 Å². The van der Waals surface area contributed by atoms with Crippen molar-refractivity contribution >= 4 is 69.5 Å². The molecule has 4 aromatic carbocycles. The van der Waals surface area contributed by atoms with E-state index in [4.69, 9.17) is 0 Å². The van der Waals surface area contributed by atoms with Crippen molar-refractivity contribution in [1.82, 2.24) is 24.8 Å². The Morgan fingerprint density at radius 3 is 1.89 bits per heavy atom. The molecule has 0 saturated heterocycles. The van der Waals surface area contributed by atoms with E-state index in [1.165, 1.54) is 12.2 Å². The molecule has 2 amide bonds. The predicted octanol–water partition coefficient (Wildman–Crippen LogP) is 8.75. The Morgan fingerprint density at radius 2 is 1.23 bits per heavy atom. The molecular formula is C43H42FN11O2. The molecule has 2 aromatic heterocycles. The number of likely N-dealkylation sites (N-methyl/N-ethyl adjacent to an activating group) is 1. The summed E-state index contributed by atoms with van der Waals surface area (Å²) in [6.45, 7) is 8.53. The van der Waals surface area contributed by atoms with Gasteiger partial charge in [0.1, 0.15) is 5.82 Å². The molecule has 2 heterocycles. The number of carbonyl (C=O) groups is 2. The van der Waals surface area contributed by atoms with E-state index in [1.807, 2.05) is 81.6 Å². The van der Waals surface area contributed by atoms with Gasteiger partial charge in [0.15, 0.2) is 11.6 Å². The third-order valence-electron chi connectivity index (χ3n) is 8.28. The maximum absolute atomic E-state index is 14.5. The van der Waals surface area contributed by atoms with Crippen LogP contribution in [0.15, 0.2) is 134 Å². The standard InChI is InChI=1S/C43H42FN11O2/c1-5-38(56)47-33-15-8-17-35(23-33)51-42-45-25-29(3)40(53-42)49-32-14-7-12-30(22-32)27-55(4)20-10-19-39(57)48-34-16-9-18-36(24-34)52-43-46-26-37(44)41(54-43)50-31-13-6-11-28(2)21-31/h5-19,21-26H,1,20,27H2,2-4H3,(H,47,56)(H,48,57)(H2,45,49,51,53)(H2,46,50,52,54)/b19-10+. The molecule has 57 heavy (non-hydrogen) atoms. The lowest BCUT2D eigenvalue weighted by atomic mass is 10.2. The van der Waals surface area contributed by atoms with Crippen molar-refractivity contribution < 1.29 is 14.0 Å². The highest BCUT2D eigenvalue weighted by molar-refractivity contribution is 6.00. The molecule has 0 aliphatic heterocycles. The highest BCUT2D eigenvalue weighted by Crippen LogP contribution is 2.25. The van der Waals surface area contributed by atoms with Crippen LogP contribution in [0.2, 0.25) is 0 Å². The summed E-state index contributed by atoms with van der Waals surface area (Å²) in [4.78, 5) is 44.0. The van der Waals surface area contributed by atoms with Crippen LogP contribution < -0.4 is 31.9 Å². The van der Waals surface area contributed by atoms with Crippen LogP contribution in [0.25, 0.3) is 0 Å². The van der Waals surface area contributed by atoms with Gasteiger partial charge in [0, 0.05) is 65.1 Å². The first kappa shape index (κ1) is 39.2. The summed E-state index contributed by atoms with van der Waals surface area (Å²) in [5, 5.41) is 18.3. The number of halogens is 1. The van der Waals surface area contributed by atoms with Crippen LogP contribution in [0.3, 0.4) is 0 Å². The number of anilines is 10. The monoisotopic (exact) mass is 763 g/mol. The fraction of sp³-hybridized carbons (Fsp3) is 0.116. The first-order chi connectivity index (χ1) is 27.6. The summed E-state index contributed by atoms with van der Waals surface area (Å²) >= 11 is 0. The van der Waals surface area contributed by atoms with Crippen LogP contribution in [0, 0.1) is 19.7 Å². The second-order valence-electron chi connectivity index (χ2n) is 13.1. The molecule has 0 atom stereocenters. The molecule has 14 heteroatoms. The molecule has 0 spiro atoms. The normalized spacial score (nSPS) is 10.9. The lowest BCUT2D eigenvalue weighted by Gasteiger charge is -2.16. The molecule has 13 nitrogen and oxygen atoms in total. The summed E-state index contributed by atoms with van der Waals surface area (Å²) in [6, 6.07) is 29.9. The van der Waals surface area contributed by atoms with Crippen LogP contribution in [-0.4, -0.2) is 50.2 Å². The number of benzene rings is 4. The third kappa shape index (κ3) is 11.8. The number of amides is 2. The fourth-order valence-corrected chi connectivity index (χ4v) is 5.59. The second-order valence-corrected chi connectivity index (χ2v) is 13.1. The number of aryl methyl sites for hydroxylation is 2. The van der Waals surface area contributed by atoms with E-state index in [1.54, 1.807) is 48.7 Å². The third-order valence-corrected chi connectivity index (χ3v) is 8.28. The van der Waals surface area contributed by atoms with E-state index in [2.05, 4.69) is 63.3 Å². The van der Waals surface area contributed by atoms with Crippen molar-refractivity contribution in [1.29, 1.82) is 0 Å². The summed E-state index contributed by atoms with van der Waals surface area (Å²) < 4.78 is 14.5. The molecule has 6 N–H and O–H groups in total. The average molecular weight is 764 g/mol. The first-order valence-electron chi connectivity index (χ1n) is 18.0. The summed E-state index contributed by atoms with van der Waals surface area (Å²) in [5.41, 5.74) is 7.05. The zero-order valence-corrected chi connectivity index (χ0v) is 31.7. The van der Waals surface area contributed by atoms with Crippen molar-refractivity contribution in [2.45, 2.75) is 20.4 Å². The summed E-state index contributed by atoms with van der Waals surface area (Å²) in [5.74, 6) is 0.120. The maximum atomic E-state index is 14.5. The number of rotatable bonds is 16. The minimum atomic E-state index is -0.582. The van der Waals surface area contributed by atoms with Gasteiger partial charge >= 0.3 is 0 Å². The zero-order chi connectivity index (χ0) is 40.1. The molecule has 0 fully saturated rings. The zero-order valence-electron chi connectivity index (χ0n) is 31.7. The SMILES string of the molecule is C=CC(=O)Nc1cccc(Nc2ncc(C)c(Nc3cccc(CN(C)C/C=C/C(=O)Nc4cccc(Nc5ncc(F)c(Nc6cccc(C)c6)n5)c4)c3)n2)c1.